The van der Waals surface area contributed by atoms with Crippen molar-refractivity contribution in [2.45, 2.75) is 12.8 Å². The molecule has 3 rings (SSSR count). The zero-order valence-corrected chi connectivity index (χ0v) is 14.0. The molecule has 26 heavy (non-hydrogen) atoms. The molecule has 2 aromatic rings. The summed E-state index contributed by atoms with van der Waals surface area (Å²) in [6.07, 6.45) is 0. The molecule has 0 saturated heterocycles. The number of benzene rings is 2. The van der Waals surface area contributed by atoms with E-state index in [4.69, 9.17) is 9.47 Å². The van der Waals surface area contributed by atoms with Crippen LogP contribution in [0.1, 0.15) is 12.5 Å². The minimum Gasteiger partial charge on any atom is -0.475 e. The van der Waals surface area contributed by atoms with Crippen LogP contribution in [-0.4, -0.2) is 34.7 Å². The summed E-state index contributed by atoms with van der Waals surface area (Å²) in [5.41, 5.74) is 0.951. The van der Waals surface area contributed by atoms with Crippen molar-refractivity contribution in [3.63, 3.8) is 0 Å². The van der Waals surface area contributed by atoms with Crippen molar-refractivity contribution < 1.29 is 29.3 Å². The van der Waals surface area contributed by atoms with Crippen LogP contribution in [0.25, 0.3) is 5.70 Å². The van der Waals surface area contributed by atoms with Gasteiger partial charge < -0.3 is 19.7 Å². The Morgan fingerprint density at radius 1 is 1.08 bits per heavy atom. The largest absolute Gasteiger partial charge is 0.475 e. The third-order valence-electron chi connectivity index (χ3n) is 3.79. The quantitative estimate of drug-likeness (QED) is 0.794. The molecule has 0 aliphatic carbocycles. The average molecular weight is 355 g/mol. The first-order chi connectivity index (χ1) is 12.5. The fraction of sp³-hybridized carbons (Fsp3) is 0.158. The number of nitrogens with zero attached hydrogens (tertiary/aromatic N) is 1. The fourth-order valence-corrected chi connectivity index (χ4v) is 2.70. The smallest absolute Gasteiger partial charge is 0.401 e. The highest BCUT2D eigenvalue weighted by atomic mass is 16.7. The molecule has 2 aromatic carbocycles. The first-order valence-corrected chi connectivity index (χ1v) is 7.96. The van der Waals surface area contributed by atoms with Gasteiger partial charge in [-0.15, -0.1) is 0 Å². The van der Waals surface area contributed by atoms with Crippen molar-refractivity contribution in [3.05, 3.63) is 72.0 Å². The number of rotatable bonds is 5. The average Bonchev–Trinajstić information content (AvgIpc) is 2.98. The molecule has 0 amide bonds. The van der Waals surface area contributed by atoms with Gasteiger partial charge >= 0.3 is 17.8 Å². The molecule has 0 aromatic heterocycles. The number of anilines is 1. The van der Waals surface area contributed by atoms with Crippen molar-refractivity contribution >= 4 is 23.3 Å². The standard InChI is InChI=1S/C19H17NO6/c1-2-25-17(21)16-15(13-9-5-3-6-10-13)20(14-11-7-4-8-12-14)19(24,26-16)18(22)23/h3-12,24H,2H2,1H3,(H,22,23). The number of aliphatic hydroxyl groups is 1. The van der Waals surface area contributed by atoms with Crippen LogP contribution in [0, 0.1) is 0 Å². The maximum atomic E-state index is 12.4. The molecule has 0 radical (unpaired) electrons. The highest BCUT2D eigenvalue weighted by Gasteiger charge is 2.56. The Morgan fingerprint density at radius 3 is 2.19 bits per heavy atom. The molecule has 0 saturated carbocycles. The van der Waals surface area contributed by atoms with E-state index in [-0.39, 0.29) is 18.1 Å². The predicted octanol–water partition coefficient (Wildman–Crippen LogP) is 2.19. The number of carbonyl (C=O) groups is 2. The minimum absolute atomic E-state index is 0.0740. The van der Waals surface area contributed by atoms with Crippen molar-refractivity contribution in [2.24, 2.45) is 0 Å². The van der Waals surface area contributed by atoms with Gasteiger partial charge in [-0.3, -0.25) is 4.90 Å². The molecule has 0 fully saturated rings. The Morgan fingerprint density at radius 2 is 1.65 bits per heavy atom. The van der Waals surface area contributed by atoms with Crippen LogP contribution in [0.5, 0.6) is 0 Å². The zero-order valence-electron chi connectivity index (χ0n) is 14.0. The van der Waals surface area contributed by atoms with Crippen molar-refractivity contribution in [1.29, 1.82) is 0 Å². The molecular weight excluding hydrogens is 338 g/mol. The number of para-hydroxylation sites is 1. The van der Waals surface area contributed by atoms with E-state index in [9.17, 15) is 19.8 Å². The van der Waals surface area contributed by atoms with Crippen LogP contribution in [0.15, 0.2) is 66.4 Å². The molecule has 0 bridgehead atoms. The van der Waals surface area contributed by atoms with Gasteiger partial charge in [0, 0.05) is 11.3 Å². The molecule has 1 aliphatic heterocycles. The summed E-state index contributed by atoms with van der Waals surface area (Å²) in [7, 11) is 0. The number of ether oxygens (including phenoxy) is 2. The Bertz CT molecular complexity index is 849. The van der Waals surface area contributed by atoms with Crippen LogP contribution in [0.4, 0.5) is 5.69 Å². The van der Waals surface area contributed by atoms with E-state index in [1.54, 1.807) is 67.6 Å². The molecule has 134 valence electrons. The molecule has 2 N–H and O–H groups in total. The van der Waals surface area contributed by atoms with Crippen LogP contribution in [0.2, 0.25) is 0 Å². The normalized spacial score (nSPS) is 19.2. The molecule has 1 atom stereocenters. The molecule has 1 unspecified atom stereocenters. The lowest BCUT2D eigenvalue weighted by atomic mass is 10.1. The van der Waals surface area contributed by atoms with Gasteiger partial charge in [0.05, 0.1) is 6.61 Å². The van der Waals surface area contributed by atoms with Gasteiger partial charge in [0.1, 0.15) is 5.70 Å². The van der Waals surface area contributed by atoms with E-state index in [0.29, 0.717) is 11.3 Å². The monoisotopic (exact) mass is 355 g/mol. The molecule has 0 spiro atoms. The van der Waals surface area contributed by atoms with Crippen molar-refractivity contribution in [2.75, 3.05) is 11.5 Å². The van der Waals surface area contributed by atoms with E-state index < -0.39 is 17.8 Å². The Balaban J connectivity index is 2.25. The van der Waals surface area contributed by atoms with E-state index in [0.717, 1.165) is 4.90 Å². The maximum Gasteiger partial charge on any atom is 0.401 e. The molecule has 7 nitrogen and oxygen atoms in total. The summed E-state index contributed by atoms with van der Waals surface area (Å²) in [5.74, 6) is -5.67. The first kappa shape index (κ1) is 17.5. The van der Waals surface area contributed by atoms with Crippen LogP contribution in [-0.2, 0) is 19.1 Å². The number of carboxylic acids is 1. The van der Waals surface area contributed by atoms with E-state index in [1.165, 1.54) is 0 Å². The third-order valence-corrected chi connectivity index (χ3v) is 3.79. The summed E-state index contributed by atoms with van der Waals surface area (Å²) < 4.78 is 10.2. The van der Waals surface area contributed by atoms with Crippen LogP contribution in [0.3, 0.4) is 0 Å². The molecular formula is C19H17NO6. The fourth-order valence-electron chi connectivity index (χ4n) is 2.70. The van der Waals surface area contributed by atoms with E-state index >= 15 is 0 Å². The Hall–Kier alpha value is -3.32. The highest BCUT2D eigenvalue weighted by Crippen LogP contribution is 2.42. The lowest BCUT2D eigenvalue weighted by Gasteiger charge is -2.31. The SMILES string of the molecule is CCOC(=O)C1=C(c2ccccc2)N(c2ccccc2)C(O)(C(=O)O)O1. The molecule has 1 heterocycles. The second-order valence-electron chi connectivity index (χ2n) is 5.45. The van der Waals surface area contributed by atoms with Crippen molar-refractivity contribution in [1.82, 2.24) is 0 Å². The second kappa shape index (κ2) is 6.89. The van der Waals surface area contributed by atoms with E-state index in [2.05, 4.69) is 0 Å². The van der Waals surface area contributed by atoms with Gasteiger partial charge in [-0.1, -0.05) is 48.5 Å². The number of aliphatic carboxylic acids is 1. The summed E-state index contributed by atoms with van der Waals surface area (Å²) >= 11 is 0. The lowest BCUT2D eigenvalue weighted by Crippen LogP contribution is -2.52. The summed E-state index contributed by atoms with van der Waals surface area (Å²) in [5, 5.41) is 20.4. The Kier molecular flexibility index (Phi) is 4.64. The topological polar surface area (TPSA) is 96.3 Å². The van der Waals surface area contributed by atoms with Gasteiger partial charge in [0.2, 0.25) is 5.76 Å². The Labute approximate surface area is 149 Å². The summed E-state index contributed by atoms with van der Waals surface area (Å²) in [6.45, 7) is 1.69. The van der Waals surface area contributed by atoms with E-state index in [1.807, 2.05) is 0 Å². The maximum absolute atomic E-state index is 12.4. The third kappa shape index (κ3) is 2.89. The van der Waals surface area contributed by atoms with Crippen molar-refractivity contribution in [3.8, 4) is 0 Å². The highest BCUT2D eigenvalue weighted by molar-refractivity contribution is 6.04. The summed E-state index contributed by atoms with van der Waals surface area (Å²) in [4.78, 5) is 25.3. The lowest BCUT2D eigenvalue weighted by molar-refractivity contribution is -0.203. The number of esters is 1. The van der Waals surface area contributed by atoms with Gasteiger partial charge in [-0.2, -0.15) is 0 Å². The predicted molar refractivity (Wildman–Crippen MR) is 92.6 cm³/mol. The van der Waals surface area contributed by atoms with Gasteiger partial charge in [-0.05, 0) is 19.1 Å². The summed E-state index contributed by atoms with van der Waals surface area (Å²) in [6, 6.07) is 16.9. The number of hydrogen-bond donors (Lipinski definition) is 2. The van der Waals surface area contributed by atoms with Crippen LogP contribution >= 0.6 is 0 Å². The number of hydrogen-bond acceptors (Lipinski definition) is 6. The molecule has 1 aliphatic rings. The zero-order chi connectivity index (χ0) is 18.7. The first-order valence-electron chi connectivity index (χ1n) is 7.96. The second-order valence-corrected chi connectivity index (χ2v) is 5.45. The molecule has 7 heteroatoms. The van der Waals surface area contributed by atoms with Gasteiger partial charge in [-0.25, -0.2) is 9.59 Å². The minimum atomic E-state index is -2.78. The number of carboxylic acid groups (broad SMARTS) is 1. The number of carbonyl (C=O) groups excluding carboxylic acids is 1. The van der Waals surface area contributed by atoms with Gasteiger partial charge in [0.15, 0.2) is 0 Å². The van der Waals surface area contributed by atoms with Gasteiger partial charge in [0.25, 0.3) is 0 Å². The van der Waals surface area contributed by atoms with Crippen LogP contribution < -0.4 is 4.90 Å².